The number of hydrogen-bond acceptors (Lipinski definition) is 3. The normalized spacial score (nSPS) is 13.4. The number of carboxylic acids is 1. The molecule has 2 aromatic carbocycles. The Balaban J connectivity index is 0.000000567. The number of ether oxygens (including phenoxy) is 1. The fourth-order valence-electron chi connectivity index (χ4n) is 4.19. The molecule has 0 aliphatic carbocycles. The minimum absolute atomic E-state index is 0.226. The molecule has 1 N–H and O–H groups in total. The molecule has 3 heterocycles. The minimum Gasteiger partial charge on any atom is -0.492 e. The molecule has 2 aliphatic heterocycles. The Bertz CT molecular complexity index is 1240. The van der Waals surface area contributed by atoms with E-state index in [-0.39, 0.29) is 11.4 Å². The summed E-state index contributed by atoms with van der Waals surface area (Å²) in [5, 5.41) is 9.24. The fraction of sp³-hybridized carbons (Fsp3) is 0.308. The molecular formula is C26H26FNO4. The molecule has 5 nitrogen and oxygen atoms in total. The van der Waals surface area contributed by atoms with Gasteiger partial charge >= 0.3 is 5.97 Å². The number of aromatic nitrogens is 1. The molecule has 0 fully saturated rings. The maximum Gasteiger partial charge on any atom is 0.341 e. The summed E-state index contributed by atoms with van der Waals surface area (Å²) < 4.78 is 21.1. The number of carbonyl (C=O) groups is 1. The number of rotatable bonds is 2. The van der Waals surface area contributed by atoms with Gasteiger partial charge in [0.1, 0.15) is 17.1 Å². The maximum atomic E-state index is 13.4. The van der Waals surface area contributed by atoms with Gasteiger partial charge in [0.15, 0.2) is 5.43 Å². The number of aryl methyl sites for hydroxylation is 1. The summed E-state index contributed by atoms with van der Waals surface area (Å²) in [5.41, 5.74) is 4.83. The Morgan fingerprint density at radius 1 is 1.06 bits per heavy atom. The smallest absolute Gasteiger partial charge is 0.341 e. The van der Waals surface area contributed by atoms with Crippen LogP contribution in [-0.4, -0.2) is 22.2 Å². The van der Waals surface area contributed by atoms with Crippen molar-refractivity contribution in [3.05, 3.63) is 75.3 Å². The topological polar surface area (TPSA) is 68.5 Å². The third-order valence-electron chi connectivity index (χ3n) is 5.49. The lowest BCUT2D eigenvalue weighted by atomic mass is 9.87. The highest BCUT2D eigenvalue weighted by Crippen LogP contribution is 2.45. The van der Waals surface area contributed by atoms with Crippen molar-refractivity contribution in [1.29, 1.82) is 0 Å². The van der Waals surface area contributed by atoms with Gasteiger partial charge in [-0.05, 0) is 41.7 Å². The molecule has 0 saturated heterocycles. The fourth-order valence-corrected chi connectivity index (χ4v) is 4.19. The van der Waals surface area contributed by atoms with E-state index in [4.69, 9.17) is 4.74 Å². The molecule has 0 bridgehead atoms. The van der Waals surface area contributed by atoms with Crippen molar-refractivity contribution in [3.8, 4) is 28.1 Å². The van der Waals surface area contributed by atoms with Crippen LogP contribution in [-0.2, 0) is 19.4 Å². The summed E-state index contributed by atoms with van der Waals surface area (Å²) in [4.78, 5) is 23.6. The van der Waals surface area contributed by atoms with Crippen LogP contribution in [0.2, 0.25) is 0 Å². The highest BCUT2D eigenvalue weighted by atomic mass is 19.1. The number of aromatic carboxylic acids is 1. The van der Waals surface area contributed by atoms with E-state index >= 15 is 0 Å². The molecule has 0 unspecified atom stereocenters. The lowest BCUT2D eigenvalue weighted by Crippen LogP contribution is -2.22. The van der Waals surface area contributed by atoms with Crippen molar-refractivity contribution in [2.75, 3.05) is 6.61 Å². The molecule has 0 spiro atoms. The molecule has 0 atom stereocenters. The SMILES string of the molecule is CC(C)C.O=C(O)c1cn2c(cc1=O)-c1cc(-c3ccc(F)cc3)c3c(c1CC2)CCO3. The van der Waals surface area contributed by atoms with Crippen LogP contribution in [0, 0.1) is 11.7 Å². The van der Waals surface area contributed by atoms with Crippen molar-refractivity contribution < 1.29 is 19.0 Å². The summed E-state index contributed by atoms with van der Waals surface area (Å²) in [6.07, 6.45) is 2.94. The number of halogens is 1. The molecular weight excluding hydrogens is 409 g/mol. The second-order valence-corrected chi connectivity index (χ2v) is 8.78. The first-order chi connectivity index (χ1) is 15.3. The molecule has 2 aliphatic rings. The van der Waals surface area contributed by atoms with E-state index in [0.29, 0.717) is 18.8 Å². The third-order valence-corrected chi connectivity index (χ3v) is 5.49. The highest BCUT2D eigenvalue weighted by Gasteiger charge is 2.28. The van der Waals surface area contributed by atoms with Gasteiger partial charge in [0, 0.05) is 41.9 Å². The second-order valence-electron chi connectivity index (χ2n) is 8.78. The summed E-state index contributed by atoms with van der Waals surface area (Å²) in [6, 6.07) is 9.61. The molecule has 3 aromatic rings. The zero-order valence-electron chi connectivity index (χ0n) is 18.4. The van der Waals surface area contributed by atoms with Crippen LogP contribution >= 0.6 is 0 Å². The van der Waals surface area contributed by atoms with Gasteiger partial charge in [0.25, 0.3) is 0 Å². The first-order valence-corrected chi connectivity index (χ1v) is 10.8. The molecule has 0 radical (unpaired) electrons. The number of benzene rings is 2. The average molecular weight is 435 g/mol. The van der Waals surface area contributed by atoms with Gasteiger partial charge in [0.2, 0.25) is 0 Å². The third kappa shape index (κ3) is 4.05. The first-order valence-electron chi connectivity index (χ1n) is 10.8. The van der Waals surface area contributed by atoms with Crippen LogP contribution in [0.5, 0.6) is 5.75 Å². The zero-order valence-corrected chi connectivity index (χ0v) is 18.4. The minimum atomic E-state index is -1.22. The number of fused-ring (bicyclic) bond motifs is 5. The quantitative estimate of drug-likeness (QED) is 0.603. The Morgan fingerprint density at radius 2 is 1.75 bits per heavy atom. The number of carboxylic acid groups (broad SMARTS) is 1. The molecule has 166 valence electrons. The first kappa shape index (κ1) is 21.8. The van der Waals surface area contributed by atoms with Crippen molar-refractivity contribution >= 4 is 5.97 Å². The molecule has 6 heteroatoms. The Labute approximate surface area is 186 Å². The second kappa shape index (κ2) is 8.61. The van der Waals surface area contributed by atoms with Crippen molar-refractivity contribution in [2.45, 2.75) is 40.2 Å². The van der Waals surface area contributed by atoms with Gasteiger partial charge < -0.3 is 14.4 Å². The van der Waals surface area contributed by atoms with Crippen LogP contribution < -0.4 is 10.2 Å². The average Bonchev–Trinajstić information content (AvgIpc) is 3.23. The Hall–Kier alpha value is -3.41. The molecule has 5 rings (SSSR count). The van der Waals surface area contributed by atoms with E-state index in [2.05, 4.69) is 20.8 Å². The van der Waals surface area contributed by atoms with E-state index in [1.54, 1.807) is 12.1 Å². The number of pyridine rings is 1. The van der Waals surface area contributed by atoms with E-state index in [1.165, 1.54) is 24.4 Å². The van der Waals surface area contributed by atoms with Gasteiger partial charge in [-0.2, -0.15) is 0 Å². The number of hydrogen-bond donors (Lipinski definition) is 1. The van der Waals surface area contributed by atoms with Crippen LogP contribution in [0.3, 0.4) is 0 Å². The van der Waals surface area contributed by atoms with Crippen LogP contribution in [0.15, 0.2) is 47.4 Å². The van der Waals surface area contributed by atoms with Gasteiger partial charge in [-0.15, -0.1) is 0 Å². The predicted octanol–water partition coefficient (Wildman–Crippen LogP) is 5.17. The standard InChI is InChI=1S/C22H16FNO4.C4H10/c23-13-3-1-12(2-4-13)16-9-17-14(15-6-8-28-21(15)16)5-7-24-11-18(22(26)27)20(25)10-19(17)24;1-4(2)3/h1-4,9-11H,5-8H2,(H,26,27);4H,1-3H3. The zero-order chi connectivity index (χ0) is 23.0. The lowest BCUT2D eigenvalue weighted by molar-refractivity contribution is 0.0694. The van der Waals surface area contributed by atoms with Crippen molar-refractivity contribution in [3.63, 3.8) is 0 Å². The van der Waals surface area contributed by atoms with Gasteiger partial charge in [0.05, 0.1) is 12.3 Å². The van der Waals surface area contributed by atoms with Crippen LogP contribution in [0.25, 0.3) is 22.4 Å². The van der Waals surface area contributed by atoms with Crippen molar-refractivity contribution in [1.82, 2.24) is 4.57 Å². The Kier molecular flexibility index (Phi) is 5.87. The predicted molar refractivity (Wildman–Crippen MR) is 122 cm³/mol. The summed E-state index contributed by atoms with van der Waals surface area (Å²) in [6.45, 7) is 7.69. The van der Waals surface area contributed by atoms with Gasteiger partial charge in [-0.3, -0.25) is 4.79 Å². The largest absolute Gasteiger partial charge is 0.492 e. The van der Waals surface area contributed by atoms with E-state index in [0.717, 1.165) is 52.3 Å². The summed E-state index contributed by atoms with van der Waals surface area (Å²) in [5.74, 6) is 0.126. The highest BCUT2D eigenvalue weighted by molar-refractivity contribution is 5.88. The molecule has 32 heavy (non-hydrogen) atoms. The monoisotopic (exact) mass is 435 g/mol. The van der Waals surface area contributed by atoms with Gasteiger partial charge in [-0.1, -0.05) is 32.9 Å². The lowest BCUT2D eigenvalue weighted by Gasteiger charge is -2.25. The summed E-state index contributed by atoms with van der Waals surface area (Å²) in [7, 11) is 0. The number of nitrogens with zero attached hydrogens (tertiary/aromatic N) is 1. The molecule has 0 saturated carbocycles. The molecule has 1 aromatic heterocycles. The van der Waals surface area contributed by atoms with Gasteiger partial charge in [-0.25, -0.2) is 9.18 Å². The van der Waals surface area contributed by atoms with E-state index in [1.807, 2.05) is 10.6 Å². The van der Waals surface area contributed by atoms with E-state index in [9.17, 15) is 19.1 Å². The van der Waals surface area contributed by atoms with Crippen LogP contribution in [0.4, 0.5) is 4.39 Å². The molecule has 0 amide bonds. The van der Waals surface area contributed by atoms with Crippen LogP contribution in [0.1, 0.15) is 42.3 Å². The van der Waals surface area contributed by atoms with E-state index < -0.39 is 11.4 Å². The summed E-state index contributed by atoms with van der Waals surface area (Å²) >= 11 is 0. The van der Waals surface area contributed by atoms with Crippen molar-refractivity contribution in [2.24, 2.45) is 5.92 Å². The maximum absolute atomic E-state index is 13.4. The Morgan fingerprint density at radius 3 is 2.41 bits per heavy atom.